The molecule has 21 heavy (non-hydrogen) atoms. The Hall–Kier alpha value is -0.820. The van der Waals surface area contributed by atoms with Crippen LogP contribution in [-0.4, -0.2) is 53.9 Å². The van der Waals surface area contributed by atoms with Gasteiger partial charge in [-0.25, -0.2) is 0 Å². The second kappa shape index (κ2) is 6.96. The van der Waals surface area contributed by atoms with E-state index in [2.05, 4.69) is 5.32 Å². The molecule has 0 radical (unpaired) electrons. The molecule has 7 heteroatoms. The first-order chi connectivity index (χ1) is 9.51. The molecule has 2 unspecified atom stereocenters. The van der Waals surface area contributed by atoms with Crippen LogP contribution < -0.4 is 5.32 Å². The SMILES string of the molecule is CC(C)C(C)(O)CNC(=O)C1CCCN(CC(F)(F)F)C1. The van der Waals surface area contributed by atoms with Gasteiger partial charge in [-0.05, 0) is 32.2 Å². The summed E-state index contributed by atoms with van der Waals surface area (Å²) in [4.78, 5) is 13.3. The van der Waals surface area contributed by atoms with Gasteiger partial charge in [0, 0.05) is 13.1 Å². The lowest BCUT2D eigenvalue weighted by Crippen LogP contribution is -2.49. The summed E-state index contributed by atoms with van der Waals surface area (Å²) >= 11 is 0. The normalized spacial score (nSPS) is 23.9. The molecule has 0 bridgehead atoms. The number of carbonyl (C=O) groups excluding carboxylic acids is 1. The van der Waals surface area contributed by atoms with Crippen molar-refractivity contribution >= 4 is 5.91 Å². The van der Waals surface area contributed by atoms with Crippen LogP contribution in [0.2, 0.25) is 0 Å². The topological polar surface area (TPSA) is 52.6 Å². The molecular weight excluding hydrogens is 285 g/mol. The number of nitrogens with zero attached hydrogens (tertiary/aromatic N) is 1. The molecule has 124 valence electrons. The molecule has 2 atom stereocenters. The van der Waals surface area contributed by atoms with E-state index in [0.717, 1.165) is 0 Å². The molecular formula is C14H25F3N2O2. The molecule has 0 aromatic carbocycles. The van der Waals surface area contributed by atoms with Gasteiger partial charge >= 0.3 is 6.18 Å². The summed E-state index contributed by atoms with van der Waals surface area (Å²) in [5.41, 5.74) is -1.02. The van der Waals surface area contributed by atoms with Crippen molar-refractivity contribution in [2.45, 2.75) is 45.4 Å². The smallest absolute Gasteiger partial charge is 0.388 e. The van der Waals surface area contributed by atoms with Gasteiger partial charge in [-0.2, -0.15) is 13.2 Å². The maximum atomic E-state index is 12.4. The molecule has 1 saturated heterocycles. The average molecular weight is 310 g/mol. The van der Waals surface area contributed by atoms with Gasteiger partial charge in [-0.3, -0.25) is 9.69 Å². The van der Waals surface area contributed by atoms with Crippen LogP contribution in [-0.2, 0) is 4.79 Å². The monoisotopic (exact) mass is 310 g/mol. The Morgan fingerprint density at radius 2 is 2.05 bits per heavy atom. The van der Waals surface area contributed by atoms with E-state index in [9.17, 15) is 23.1 Å². The van der Waals surface area contributed by atoms with Gasteiger partial charge in [0.15, 0.2) is 0 Å². The first kappa shape index (κ1) is 18.2. The highest BCUT2D eigenvalue weighted by molar-refractivity contribution is 5.79. The third-order valence-electron chi connectivity index (χ3n) is 4.14. The van der Waals surface area contributed by atoms with Gasteiger partial charge in [0.05, 0.1) is 18.1 Å². The van der Waals surface area contributed by atoms with Crippen LogP contribution in [0.5, 0.6) is 0 Å². The van der Waals surface area contributed by atoms with Gasteiger partial charge in [-0.15, -0.1) is 0 Å². The van der Waals surface area contributed by atoms with E-state index in [0.29, 0.717) is 19.4 Å². The summed E-state index contributed by atoms with van der Waals surface area (Å²) in [5, 5.41) is 12.7. The predicted molar refractivity (Wildman–Crippen MR) is 73.7 cm³/mol. The first-order valence-electron chi connectivity index (χ1n) is 7.30. The van der Waals surface area contributed by atoms with E-state index >= 15 is 0 Å². The van der Waals surface area contributed by atoms with Crippen molar-refractivity contribution in [3.05, 3.63) is 0 Å². The van der Waals surface area contributed by atoms with Gasteiger partial charge in [-0.1, -0.05) is 13.8 Å². The Balaban J connectivity index is 2.47. The van der Waals surface area contributed by atoms with E-state index in [1.54, 1.807) is 6.92 Å². The van der Waals surface area contributed by atoms with Crippen molar-refractivity contribution in [3.63, 3.8) is 0 Å². The molecule has 0 aromatic rings. The fourth-order valence-corrected chi connectivity index (χ4v) is 2.28. The second-order valence-electron chi connectivity index (χ2n) is 6.42. The maximum Gasteiger partial charge on any atom is 0.401 e. The zero-order valence-electron chi connectivity index (χ0n) is 12.8. The highest BCUT2D eigenvalue weighted by Crippen LogP contribution is 2.23. The predicted octanol–water partition coefficient (Wildman–Crippen LogP) is 1.78. The number of aliphatic hydroxyl groups is 1. The summed E-state index contributed by atoms with van der Waals surface area (Å²) in [6.07, 6.45) is -3.07. The Labute approximate surface area is 123 Å². The van der Waals surface area contributed by atoms with Gasteiger partial charge < -0.3 is 10.4 Å². The minimum Gasteiger partial charge on any atom is -0.388 e. The van der Waals surface area contributed by atoms with Crippen molar-refractivity contribution in [1.82, 2.24) is 10.2 Å². The fourth-order valence-electron chi connectivity index (χ4n) is 2.28. The number of carbonyl (C=O) groups is 1. The van der Waals surface area contributed by atoms with Crippen molar-refractivity contribution < 1.29 is 23.1 Å². The molecule has 4 nitrogen and oxygen atoms in total. The number of hydrogen-bond donors (Lipinski definition) is 2. The molecule has 0 spiro atoms. The summed E-state index contributed by atoms with van der Waals surface area (Å²) in [6, 6.07) is 0. The largest absolute Gasteiger partial charge is 0.401 e. The van der Waals surface area contributed by atoms with E-state index < -0.39 is 24.2 Å². The van der Waals surface area contributed by atoms with E-state index in [1.807, 2.05) is 13.8 Å². The van der Waals surface area contributed by atoms with Gasteiger partial charge in [0.2, 0.25) is 5.91 Å². The van der Waals surface area contributed by atoms with Crippen LogP contribution in [0.15, 0.2) is 0 Å². The Morgan fingerprint density at radius 3 is 2.57 bits per heavy atom. The van der Waals surface area contributed by atoms with Crippen LogP contribution in [0, 0.1) is 11.8 Å². The van der Waals surface area contributed by atoms with Gasteiger partial charge in [0.25, 0.3) is 0 Å². The van der Waals surface area contributed by atoms with Crippen molar-refractivity contribution in [2.75, 3.05) is 26.2 Å². The van der Waals surface area contributed by atoms with Crippen LogP contribution in [0.1, 0.15) is 33.6 Å². The zero-order valence-corrected chi connectivity index (χ0v) is 12.8. The highest BCUT2D eigenvalue weighted by Gasteiger charge is 2.35. The molecule has 1 heterocycles. The van der Waals surface area contributed by atoms with Crippen molar-refractivity contribution in [3.8, 4) is 0 Å². The summed E-state index contributed by atoms with van der Waals surface area (Å²) in [6.45, 7) is 4.95. The van der Waals surface area contributed by atoms with E-state index in [4.69, 9.17) is 0 Å². The number of piperidine rings is 1. The lowest BCUT2D eigenvalue weighted by Gasteiger charge is -2.33. The lowest BCUT2D eigenvalue weighted by atomic mass is 9.91. The molecule has 0 aromatic heterocycles. The molecule has 2 N–H and O–H groups in total. The summed E-state index contributed by atoms with van der Waals surface area (Å²) < 4.78 is 37.2. The first-order valence-corrected chi connectivity index (χ1v) is 7.30. The molecule has 0 saturated carbocycles. The summed E-state index contributed by atoms with van der Waals surface area (Å²) in [5.74, 6) is -0.738. The second-order valence-corrected chi connectivity index (χ2v) is 6.42. The molecule has 1 aliphatic heterocycles. The average Bonchev–Trinajstić information content (AvgIpc) is 2.34. The number of nitrogens with one attached hydrogen (secondary N) is 1. The number of rotatable bonds is 5. The van der Waals surface area contributed by atoms with Crippen LogP contribution in [0.25, 0.3) is 0 Å². The number of alkyl halides is 3. The molecule has 1 rings (SSSR count). The third-order valence-corrected chi connectivity index (χ3v) is 4.14. The fraction of sp³-hybridized carbons (Fsp3) is 0.929. The van der Waals surface area contributed by atoms with Crippen molar-refractivity contribution in [1.29, 1.82) is 0 Å². The Kier molecular flexibility index (Phi) is 6.04. The van der Waals surface area contributed by atoms with E-state index in [1.165, 1.54) is 4.90 Å². The highest BCUT2D eigenvalue weighted by atomic mass is 19.4. The minimum absolute atomic E-state index is 0.0223. The van der Waals surface area contributed by atoms with E-state index in [-0.39, 0.29) is 24.9 Å². The number of halogens is 3. The molecule has 1 fully saturated rings. The number of likely N-dealkylation sites (tertiary alicyclic amines) is 1. The molecule has 1 aliphatic rings. The maximum absolute atomic E-state index is 12.4. The summed E-state index contributed by atoms with van der Waals surface area (Å²) in [7, 11) is 0. The lowest BCUT2D eigenvalue weighted by molar-refractivity contribution is -0.152. The zero-order chi connectivity index (χ0) is 16.3. The van der Waals surface area contributed by atoms with Crippen LogP contribution >= 0.6 is 0 Å². The third kappa shape index (κ3) is 6.22. The van der Waals surface area contributed by atoms with Crippen LogP contribution in [0.3, 0.4) is 0 Å². The Bertz CT molecular complexity index is 357. The Morgan fingerprint density at radius 1 is 1.43 bits per heavy atom. The quantitative estimate of drug-likeness (QED) is 0.814. The molecule has 1 amide bonds. The molecule has 0 aliphatic carbocycles. The number of hydrogen-bond acceptors (Lipinski definition) is 3. The van der Waals surface area contributed by atoms with Gasteiger partial charge in [0.1, 0.15) is 0 Å². The van der Waals surface area contributed by atoms with Crippen molar-refractivity contribution in [2.24, 2.45) is 11.8 Å². The standard InChI is InChI=1S/C14H25F3N2O2/c1-10(2)13(3,21)8-18-12(20)11-5-4-6-19(7-11)9-14(15,16)17/h10-11,21H,4-9H2,1-3H3,(H,18,20). The number of amides is 1. The minimum atomic E-state index is -4.24. The van der Waals surface area contributed by atoms with Crippen LogP contribution in [0.4, 0.5) is 13.2 Å².